The molecule has 0 radical (unpaired) electrons. The zero-order valence-corrected chi connectivity index (χ0v) is 21.2. The van der Waals surface area contributed by atoms with Crippen molar-refractivity contribution in [2.24, 2.45) is 0 Å². The molecule has 4 heterocycles. The van der Waals surface area contributed by atoms with Gasteiger partial charge >= 0.3 is 0 Å². The molecule has 0 spiro atoms. The highest BCUT2D eigenvalue weighted by molar-refractivity contribution is 6.37. The minimum absolute atomic E-state index is 0. The molecular weight excluding hydrogens is 511 g/mol. The average molecular weight is 539 g/mol. The van der Waals surface area contributed by atoms with Crippen LogP contribution < -0.4 is 15.5 Å². The molecule has 1 saturated heterocycles. The first-order valence-corrected chi connectivity index (χ1v) is 12.2. The number of aromatic nitrogens is 3. The Balaban J connectivity index is 0.00000320. The van der Waals surface area contributed by atoms with Gasteiger partial charge in [0.2, 0.25) is 0 Å². The molecule has 0 aliphatic carbocycles. The monoisotopic (exact) mass is 538 g/mol. The third-order valence-corrected chi connectivity index (χ3v) is 6.92. The fourth-order valence-corrected chi connectivity index (χ4v) is 4.82. The van der Waals surface area contributed by atoms with Gasteiger partial charge in [0.15, 0.2) is 11.5 Å². The van der Waals surface area contributed by atoms with Crippen molar-refractivity contribution in [2.75, 3.05) is 30.4 Å². The summed E-state index contributed by atoms with van der Waals surface area (Å²) < 4.78 is 0. The van der Waals surface area contributed by atoms with Gasteiger partial charge in [0.05, 0.1) is 44.4 Å². The van der Waals surface area contributed by atoms with E-state index in [0.717, 1.165) is 31.0 Å². The highest BCUT2D eigenvalue weighted by Crippen LogP contribution is 2.37. The van der Waals surface area contributed by atoms with E-state index in [0.29, 0.717) is 39.6 Å². The second kappa shape index (κ2) is 10.9. The molecule has 1 atom stereocenters. The topological polar surface area (TPSA) is 103 Å². The van der Waals surface area contributed by atoms with Crippen molar-refractivity contribution >= 4 is 57.2 Å². The Hall–Kier alpha value is -3.46. The molecule has 8 nitrogen and oxygen atoms in total. The van der Waals surface area contributed by atoms with Gasteiger partial charge in [-0.15, -0.1) is 0 Å². The number of anilines is 3. The summed E-state index contributed by atoms with van der Waals surface area (Å²) in [4.78, 5) is 28.6. The molecule has 5 rings (SSSR count). The highest BCUT2D eigenvalue weighted by atomic mass is 35.5. The molecule has 37 heavy (non-hydrogen) atoms. The summed E-state index contributed by atoms with van der Waals surface area (Å²) in [6, 6.07) is 11.2. The van der Waals surface area contributed by atoms with Gasteiger partial charge in [-0.05, 0) is 56.8 Å². The maximum atomic E-state index is 12.5. The molecule has 3 aromatic heterocycles. The zero-order chi connectivity index (χ0) is 25.4. The van der Waals surface area contributed by atoms with Crippen LogP contribution in [-0.4, -0.2) is 52.0 Å². The first kappa shape index (κ1) is 26.6. The summed E-state index contributed by atoms with van der Waals surface area (Å²) in [6.45, 7) is 3.36. The number of hydrogen-bond acceptors (Lipinski definition) is 8. The molecule has 1 fully saturated rings. The van der Waals surface area contributed by atoms with Gasteiger partial charge in [-0.25, -0.2) is 9.97 Å². The maximum absolute atomic E-state index is 12.5. The second-order valence-electron chi connectivity index (χ2n) is 8.71. The fourth-order valence-electron chi connectivity index (χ4n) is 4.33. The Morgan fingerprint density at radius 2 is 1.86 bits per heavy atom. The third-order valence-electron chi connectivity index (χ3n) is 6.34. The predicted molar refractivity (Wildman–Crippen MR) is 151 cm³/mol. The van der Waals surface area contributed by atoms with Crippen molar-refractivity contribution in [1.29, 1.82) is 0 Å². The van der Waals surface area contributed by atoms with Gasteiger partial charge in [-0.3, -0.25) is 9.78 Å². The van der Waals surface area contributed by atoms with Crippen molar-refractivity contribution in [3.8, 4) is 17.0 Å². The Kier molecular flexibility index (Phi) is 7.82. The Labute approximate surface area is 225 Å². The first-order chi connectivity index (χ1) is 17.3. The van der Waals surface area contributed by atoms with E-state index in [1.165, 1.54) is 6.92 Å². The Morgan fingerprint density at radius 3 is 2.49 bits per heavy atom. The van der Waals surface area contributed by atoms with Crippen LogP contribution in [0.25, 0.3) is 22.3 Å². The first-order valence-electron chi connectivity index (χ1n) is 11.5. The minimum atomic E-state index is -0.183. The molecule has 4 aromatic rings. The number of pyridine rings is 3. The van der Waals surface area contributed by atoms with Crippen LogP contribution in [0.1, 0.15) is 31.1 Å². The number of ketones is 1. The largest absolute Gasteiger partial charge is 0.505 e. The standard InChI is InChI=1S/C26H24Cl2N6O2.CH4/c1-14(35)18-12-30-22-5-4-21(15-9-19(27)26(36)20(28)10-15)33-25(22)24(18)32-16-3-6-23(31-11-16)34-8-7-17(13-34)29-2;/h3-6,9-12,17,29,36H,7-8,13H2,1-2H3,(H,30,32);1H4. The van der Waals surface area contributed by atoms with Crippen molar-refractivity contribution < 1.29 is 9.90 Å². The number of hydrogen-bond donors (Lipinski definition) is 3. The van der Waals surface area contributed by atoms with E-state index in [1.807, 2.05) is 25.2 Å². The minimum Gasteiger partial charge on any atom is -0.505 e. The van der Waals surface area contributed by atoms with E-state index in [4.69, 9.17) is 28.2 Å². The van der Waals surface area contributed by atoms with Gasteiger partial charge in [0, 0.05) is 30.9 Å². The zero-order valence-electron chi connectivity index (χ0n) is 19.7. The number of fused-ring (bicyclic) bond motifs is 1. The molecule has 10 heteroatoms. The number of nitrogens with zero attached hydrogens (tertiary/aromatic N) is 4. The number of carbonyl (C=O) groups excluding carboxylic acids is 1. The van der Waals surface area contributed by atoms with E-state index in [9.17, 15) is 9.90 Å². The average Bonchev–Trinajstić information content (AvgIpc) is 3.36. The number of phenolic OH excluding ortho intramolecular Hbond substituents is 1. The van der Waals surface area contributed by atoms with E-state index < -0.39 is 0 Å². The van der Waals surface area contributed by atoms with Crippen LogP contribution in [0.5, 0.6) is 5.75 Å². The lowest BCUT2D eigenvalue weighted by molar-refractivity contribution is 0.101. The summed E-state index contributed by atoms with van der Waals surface area (Å²) in [7, 11) is 1.98. The molecule has 192 valence electrons. The molecule has 1 aliphatic rings. The molecule has 1 aliphatic heterocycles. The lowest BCUT2D eigenvalue weighted by Crippen LogP contribution is -2.29. The van der Waals surface area contributed by atoms with E-state index >= 15 is 0 Å². The number of Topliss-reactive ketones (excluding diaryl/α,β-unsaturated/α-hetero) is 1. The molecule has 0 saturated carbocycles. The lowest BCUT2D eigenvalue weighted by Gasteiger charge is -2.18. The molecule has 1 unspecified atom stereocenters. The van der Waals surface area contributed by atoms with Gasteiger partial charge < -0.3 is 20.6 Å². The number of likely N-dealkylation sites (N-methyl/N-ethyl adjacent to an activating group) is 1. The molecule has 0 amide bonds. The van der Waals surface area contributed by atoms with Crippen molar-refractivity contribution in [1.82, 2.24) is 20.3 Å². The summed E-state index contributed by atoms with van der Waals surface area (Å²) >= 11 is 12.2. The number of phenols is 1. The number of halogens is 2. The van der Waals surface area contributed by atoms with E-state index in [1.54, 1.807) is 30.6 Å². The quantitative estimate of drug-likeness (QED) is 0.253. The number of benzene rings is 1. The third kappa shape index (κ3) is 5.32. The van der Waals surface area contributed by atoms with Crippen LogP contribution in [0.3, 0.4) is 0 Å². The van der Waals surface area contributed by atoms with Crippen molar-refractivity contribution in [3.05, 3.63) is 64.4 Å². The maximum Gasteiger partial charge on any atom is 0.163 e. The van der Waals surface area contributed by atoms with Crippen LogP contribution in [0, 0.1) is 0 Å². The summed E-state index contributed by atoms with van der Waals surface area (Å²) in [6.07, 6.45) is 4.38. The van der Waals surface area contributed by atoms with E-state index in [2.05, 4.69) is 25.5 Å². The van der Waals surface area contributed by atoms with Crippen LogP contribution in [0.2, 0.25) is 10.0 Å². The molecular formula is C27H28Cl2N6O2. The number of aromatic hydroxyl groups is 1. The normalized spacial score (nSPS) is 15.0. The fraction of sp³-hybridized carbons (Fsp3) is 0.259. The molecule has 1 aromatic carbocycles. The number of rotatable bonds is 6. The predicted octanol–water partition coefficient (Wildman–Crippen LogP) is 6.08. The van der Waals surface area contributed by atoms with Gasteiger partial charge in [0.1, 0.15) is 11.3 Å². The van der Waals surface area contributed by atoms with Crippen LogP contribution in [0.4, 0.5) is 17.2 Å². The molecule has 3 N–H and O–H groups in total. The van der Waals surface area contributed by atoms with Gasteiger partial charge in [-0.2, -0.15) is 0 Å². The Bertz CT molecular complexity index is 1440. The number of nitrogens with one attached hydrogen (secondary N) is 2. The van der Waals surface area contributed by atoms with Crippen LogP contribution >= 0.6 is 23.2 Å². The van der Waals surface area contributed by atoms with Gasteiger partial charge in [0.25, 0.3) is 0 Å². The summed E-state index contributed by atoms with van der Waals surface area (Å²) in [5.41, 5.74) is 3.99. The Morgan fingerprint density at radius 1 is 1.11 bits per heavy atom. The second-order valence-corrected chi connectivity index (χ2v) is 9.52. The van der Waals surface area contributed by atoms with Crippen molar-refractivity contribution in [2.45, 2.75) is 26.8 Å². The number of carbonyl (C=O) groups is 1. The van der Waals surface area contributed by atoms with Gasteiger partial charge in [-0.1, -0.05) is 30.6 Å². The van der Waals surface area contributed by atoms with Crippen LogP contribution in [-0.2, 0) is 0 Å². The summed E-state index contributed by atoms with van der Waals surface area (Å²) in [5.74, 6) is 0.581. The lowest BCUT2D eigenvalue weighted by atomic mass is 10.1. The van der Waals surface area contributed by atoms with Crippen molar-refractivity contribution in [3.63, 3.8) is 0 Å². The van der Waals surface area contributed by atoms with Crippen LogP contribution in [0.15, 0.2) is 48.8 Å². The highest BCUT2D eigenvalue weighted by Gasteiger charge is 2.22. The SMILES string of the molecule is C.CNC1CCN(c2ccc(Nc3c(C(C)=O)cnc4ccc(-c5cc(Cl)c(O)c(Cl)c5)nc34)cn2)C1. The van der Waals surface area contributed by atoms with E-state index in [-0.39, 0.29) is 29.0 Å². The molecule has 0 bridgehead atoms. The smallest absolute Gasteiger partial charge is 0.163 e. The summed E-state index contributed by atoms with van der Waals surface area (Å²) in [5, 5.41) is 16.8.